The third-order valence-electron chi connectivity index (χ3n) is 4.82. The van der Waals surface area contributed by atoms with Gasteiger partial charge in [-0.1, -0.05) is 91.0 Å². The molecule has 0 spiro atoms. The molecule has 4 rings (SSSR count). The Labute approximate surface area is 171 Å². The summed E-state index contributed by atoms with van der Waals surface area (Å²) in [7, 11) is 0. The lowest BCUT2D eigenvalue weighted by Gasteiger charge is -2.08. The molecular weight excluding hydrogens is 356 g/mol. The number of rotatable bonds is 6. The third kappa shape index (κ3) is 4.77. The van der Waals surface area contributed by atoms with Crippen LogP contribution in [0, 0.1) is 0 Å². The number of aromatic hydroxyl groups is 1. The van der Waals surface area contributed by atoms with E-state index in [-0.39, 0.29) is 5.75 Å². The molecule has 0 heterocycles. The molecule has 142 valence electrons. The fourth-order valence-electron chi connectivity index (χ4n) is 3.33. The Hall–Kier alpha value is -3.72. The monoisotopic (exact) mass is 378 g/mol. The van der Waals surface area contributed by atoms with Gasteiger partial charge in [-0.15, -0.1) is 5.11 Å². The normalized spacial score (nSPS) is 11.0. The summed E-state index contributed by atoms with van der Waals surface area (Å²) in [4.78, 5) is 0. The first kappa shape index (κ1) is 18.6. The van der Waals surface area contributed by atoms with Gasteiger partial charge < -0.3 is 5.11 Å². The minimum atomic E-state index is 0.141. The zero-order valence-electron chi connectivity index (χ0n) is 16.1. The smallest absolute Gasteiger partial charge is 0.143 e. The molecule has 0 fully saturated rings. The van der Waals surface area contributed by atoms with Gasteiger partial charge in [0.25, 0.3) is 0 Å². The summed E-state index contributed by atoms with van der Waals surface area (Å²) < 4.78 is 0. The molecule has 0 unspecified atom stereocenters. The van der Waals surface area contributed by atoms with Gasteiger partial charge in [0.15, 0.2) is 0 Å². The first-order valence-corrected chi connectivity index (χ1v) is 9.68. The zero-order chi connectivity index (χ0) is 19.9. The highest BCUT2D eigenvalue weighted by Gasteiger charge is 2.09. The zero-order valence-corrected chi connectivity index (χ0v) is 16.1. The summed E-state index contributed by atoms with van der Waals surface area (Å²) in [6, 6.07) is 33.9. The van der Waals surface area contributed by atoms with Crippen LogP contribution in [0.25, 0.3) is 0 Å². The molecule has 4 aromatic carbocycles. The van der Waals surface area contributed by atoms with Crippen LogP contribution in [-0.4, -0.2) is 5.11 Å². The molecule has 0 amide bonds. The van der Waals surface area contributed by atoms with Crippen molar-refractivity contribution in [1.82, 2.24) is 0 Å². The number of azo groups is 1. The summed E-state index contributed by atoms with van der Waals surface area (Å²) in [5.41, 5.74) is 5.76. The number of nitrogens with zero attached hydrogens (tertiary/aromatic N) is 2. The van der Waals surface area contributed by atoms with E-state index in [4.69, 9.17) is 0 Å². The second kappa shape index (κ2) is 8.98. The van der Waals surface area contributed by atoms with Crippen LogP contribution in [-0.2, 0) is 12.8 Å². The number of phenolic OH excluding ortho intramolecular Hbond substituents is 1. The van der Waals surface area contributed by atoms with Crippen LogP contribution in [0.15, 0.2) is 113 Å². The van der Waals surface area contributed by atoms with Crippen molar-refractivity contribution in [3.8, 4) is 5.75 Å². The molecular formula is C26H22N2O. The number of benzene rings is 4. The predicted octanol–water partition coefficient (Wildman–Crippen LogP) is 6.99. The molecule has 29 heavy (non-hydrogen) atoms. The van der Waals surface area contributed by atoms with Gasteiger partial charge >= 0.3 is 0 Å². The van der Waals surface area contributed by atoms with E-state index in [2.05, 4.69) is 40.6 Å². The van der Waals surface area contributed by atoms with E-state index in [9.17, 15) is 5.11 Å². The van der Waals surface area contributed by atoms with Crippen molar-refractivity contribution in [3.63, 3.8) is 0 Å². The van der Waals surface area contributed by atoms with Crippen LogP contribution in [0.5, 0.6) is 5.75 Å². The quantitative estimate of drug-likeness (QED) is 0.361. The molecule has 0 radical (unpaired) electrons. The van der Waals surface area contributed by atoms with Crippen molar-refractivity contribution in [2.24, 2.45) is 10.2 Å². The Balaban J connectivity index is 1.63. The molecule has 4 aromatic rings. The van der Waals surface area contributed by atoms with Crippen LogP contribution in [0.3, 0.4) is 0 Å². The summed E-state index contributed by atoms with van der Waals surface area (Å²) >= 11 is 0. The average molecular weight is 378 g/mol. The van der Waals surface area contributed by atoms with Crippen molar-refractivity contribution >= 4 is 11.4 Å². The van der Waals surface area contributed by atoms with Crippen molar-refractivity contribution in [1.29, 1.82) is 0 Å². The fourth-order valence-corrected chi connectivity index (χ4v) is 3.33. The van der Waals surface area contributed by atoms with Crippen LogP contribution < -0.4 is 0 Å². The Morgan fingerprint density at radius 2 is 1.07 bits per heavy atom. The maximum absolute atomic E-state index is 10.4. The first-order valence-electron chi connectivity index (χ1n) is 9.68. The standard InChI is InChI=1S/C26H22N2O/c29-25-17-9-15-23(19-21-12-5-2-6-13-21)26(25)28-27-24-16-8-7-14-22(24)18-20-10-3-1-4-11-20/h1-17,29H,18-19H2. The Morgan fingerprint density at radius 3 is 1.76 bits per heavy atom. The lowest BCUT2D eigenvalue weighted by Crippen LogP contribution is -1.89. The first-order chi connectivity index (χ1) is 14.3. The lowest BCUT2D eigenvalue weighted by molar-refractivity contribution is 0.476. The van der Waals surface area contributed by atoms with Gasteiger partial charge in [0, 0.05) is 0 Å². The van der Waals surface area contributed by atoms with E-state index in [1.54, 1.807) is 6.07 Å². The van der Waals surface area contributed by atoms with Gasteiger partial charge in [-0.3, -0.25) is 0 Å². The molecule has 0 atom stereocenters. The molecule has 0 saturated carbocycles. The molecule has 0 aliphatic carbocycles. The average Bonchev–Trinajstić information content (AvgIpc) is 2.76. The van der Waals surface area contributed by atoms with E-state index in [1.807, 2.05) is 66.7 Å². The summed E-state index contributed by atoms with van der Waals surface area (Å²) in [5.74, 6) is 0.141. The Kier molecular flexibility index (Phi) is 5.77. The minimum absolute atomic E-state index is 0.141. The van der Waals surface area contributed by atoms with Gasteiger partial charge in [0.1, 0.15) is 11.4 Å². The van der Waals surface area contributed by atoms with Crippen molar-refractivity contribution in [2.45, 2.75) is 12.8 Å². The van der Waals surface area contributed by atoms with Crippen molar-refractivity contribution < 1.29 is 5.11 Å². The number of hydrogen-bond acceptors (Lipinski definition) is 3. The van der Waals surface area contributed by atoms with Gasteiger partial charge in [0.2, 0.25) is 0 Å². The van der Waals surface area contributed by atoms with Crippen LogP contribution in [0.2, 0.25) is 0 Å². The molecule has 0 aromatic heterocycles. The van der Waals surface area contributed by atoms with Crippen LogP contribution in [0.4, 0.5) is 11.4 Å². The Morgan fingerprint density at radius 1 is 0.517 bits per heavy atom. The largest absolute Gasteiger partial charge is 0.506 e. The highest BCUT2D eigenvalue weighted by Crippen LogP contribution is 2.34. The second-order valence-electron chi connectivity index (χ2n) is 6.94. The third-order valence-corrected chi connectivity index (χ3v) is 4.82. The number of hydrogen-bond donors (Lipinski definition) is 1. The van der Waals surface area contributed by atoms with E-state index >= 15 is 0 Å². The van der Waals surface area contributed by atoms with E-state index < -0.39 is 0 Å². The van der Waals surface area contributed by atoms with Gasteiger partial charge in [-0.2, -0.15) is 5.11 Å². The Bertz CT molecular complexity index is 1110. The second-order valence-corrected chi connectivity index (χ2v) is 6.94. The molecule has 1 N–H and O–H groups in total. The highest BCUT2D eigenvalue weighted by molar-refractivity contribution is 5.58. The fraction of sp³-hybridized carbons (Fsp3) is 0.0769. The van der Waals surface area contributed by atoms with Crippen molar-refractivity contribution in [3.05, 3.63) is 125 Å². The van der Waals surface area contributed by atoms with E-state index in [0.29, 0.717) is 12.1 Å². The minimum Gasteiger partial charge on any atom is -0.506 e. The predicted molar refractivity (Wildman–Crippen MR) is 117 cm³/mol. The van der Waals surface area contributed by atoms with Gasteiger partial charge in [-0.25, -0.2) is 0 Å². The number of phenols is 1. The molecule has 0 aliphatic rings. The SMILES string of the molecule is Oc1cccc(Cc2ccccc2)c1N=Nc1ccccc1Cc1ccccc1. The molecule has 0 aliphatic heterocycles. The molecule has 3 nitrogen and oxygen atoms in total. The van der Waals surface area contributed by atoms with Crippen LogP contribution in [0.1, 0.15) is 22.3 Å². The lowest BCUT2D eigenvalue weighted by atomic mass is 10.0. The van der Waals surface area contributed by atoms with Gasteiger partial charge in [0.05, 0.1) is 5.69 Å². The summed E-state index contributed by atoms with van der Waals surface area (Å²) in [6.07, 6.45) is 1.48. The van der Waals surface area contributed by atoms with Crippen molar-refractivity contribution in [2.75, 3.05) is 0 Å². The van der Waals surface area contributed by atoms with Gasteiger partial charge in [-0.05, 0) is 47.2 Å². The van der Waals surface area contributed by atoms with Crippen LogP contribution >= 0.6 is 0 Å². The summed E-state index contributed by atoms with van der Waals surface area (Å²) in [5, 5.41) is 19.3. The summed E-state index contributed by atoms with van der Waals surface area (Å²) in [6.45, 7) is 0. The van der Waals surface area contributed by atoms with E-state index in [0.717, 1.165) is 23.2 Å². The highest BCUT2D eigenvalue weighted by atomic mass is 16.3. The molecule has 0 saturated heterocycles. The molecule has 0 bridgehead atoms. The maximum atomic E-state index is 10.4. The molecule has 3 heteroatoms. The topological polar surface area (TPSA) is 45.0 Å². The van der Waals surface area contributed by atoms with E-state index in [1.165, 1.54) is 11.1 Å². The maximum Gasteiger partial charge on any atom is 0.143 e.